The maximum atomic E-state index is 11.0. The highest BCUT2D eigenvalue weighted by Crippen LogP contribution is 2.37. The van der Waals surface area contributed by atoms with Gasteiger partial charge in [-0.1, -0.05) is 20.3 Å². The van der Waals surface area contributed by atoms with E-state index in [0.717, 1.165) is 19.3 Å². The van der Waals surface area contributed by atoms with E-state index in [4.69, 9.17) is 10.8 Å². The number of hydrogen-bond acceptors (Lipinski definition) is 2. The van der Waals surface area contributed by atoms with Gasteiger partial charge in [0.05, 0.1) is 0 Å². The van der Waals surface area contributed by atoms with E-state index in [1.807, 2.05) is 0 Å². The van der Waals surface area contributed by atoms with Crippen LogP contribution >= 0.6 is 0 Å². The van der Waals surface area contributed by atoms with Gasteiger partial charge in [-0.3, -0.25) is 4.79 Å². The van der Waals surface area contributed by atoms with Crippen LogP contribution in [0.4, 0.5) is 0 Å². The second-order valence-corrected chi connectivity index (χ2v) is 4.56. The molecule has 2 atom stereocenters. The van der Waals surface area contributed by atoms with Crippen molar-refractivity contribution in [3.63, 3.8) is 0 Å². The number of carbonyl (C=O) groups is 1. The van der Waals surface area contributed by atoms with Gasteiger partial charge in [0.2, 0.25) is 0 Å². The Morgan fingerprint density at radius 1 is 1.69 bits per heavy atom. The Morgan fingerprint density at radius 2 is 2.31 bits per heavy atom. The molecule has 1 aliphatic rings. The Morgan fingerprint density at radius 3 is 2.77 bits per heavy atom. The van der Waals surface area contributed by atoms with Gasteiger partial charge in [0.15, 0.2) is 0 Å². The molecular weight excluding hydrogens is 166 g/mol. The van der Waals surface area contributed by atoms with Crippen LogP contribution in [0.5, 0.6) is 0 Å². The minimum Gasteiger partial charge on any atom is -0.480 e. The van der Waals surface area contributed by atoms with Crippen LogP contribution in [-0.4, -0.2) is 16.6 Å². The third-order valence-corrected chi connectivity index (χ3v) is 3.03. The fraction of sp³-hybridized carbons (Fsp3) is 0.900. The molecule has 3 N–H and O–H groups in total. The van der Waals surface area contributed by atoms with Gasteiger partial charge >= 0.3 is 5.97 Å². The Hall–Kier alpha value is -0.570. The molecule has 0 aromatic heterocycles. The van der Waals surface area contributed by atoms with E-state index in [-0.39, 0.29) is 5.92 Å². The zero-order chi connectivity index (χ0) is 10.1. The SMILES string of the molecule is CC(C)C[C@H]1CCC[C@]1(N)C(=O)O. The summed E-state index contributed by atoms with van der Waals surface area (Å²) in [6, 6.07) is 0. The fourth-order valence-electron chi connectivity index (χ4n) is 2.28. The van der Waals surface area contributed by atoms with Crippen LogP contribution in [0.25, 0.3) is 0 Å². The van der Waals surface area contributed by atoms with E-state index in [9.17, 15) is 4.79 Å². The van der Waals surface area contributed by atoms with Crippen molar-refractivity contribution < 1.29 is 9.90 Å². The van der Waals surface area contributed by atoms with Crippen molar-refractivity contribution in [1.29, 1.82) is 0 Å². The third kappa shape index (κ3) is 2.02. The van der Waals surface area contributed by atoms with Crippen molar-refractivity contribution >= 4 is 5.97 Å². The van der Waals surface area contributed by atoms with E-state index >= 15 is 0 Å². The Kier molecular flexibility index (Phi) is 2.96. The molecule has 0 bridgehead atoms. The quantitative estimate of drug-likeness (QED) is 0.702. The molecule has 1 saturated carbocycles. The molecule has 1 aliphatic carbocycles. The zero-order valence-corrected chi connectivity index (χ0v) is 8.42. The van der Waals surface area contributed by atoms with E-state index < -0.39 is 11.5 Å². The maximum Gasteiger partial charge on any atom is 0.323 e. The monoisotopic (exact) mass is 185 g/mol. The van der Waals surface area contributed by atoms with E-state index in [1.54, 1.807) is 0 Å². The molecule has 0 heterocycles. The number of carboxylic acid groups (broad SMARTS) is 1. The zero-order valence-electron chi connectivity index (χ0n) is 8.42. The Bertz CT molecular complexity index is 203. The summed E-state index contributed by atoms with van der Waals surface area (Å²) in [5.41, 5.74) is 4.95. The van der Waals surface area contributed by atoms with Crippen molar-refractivity contribution in [3.05, 3.63) is 0 Å². The van der Waals surface area contributed by atoms with E-state index in [2.05, 4.69) is 13.8 Å². The van der Waals surface area contributed by atoms with Crippen LogP contribution in [0.3, 0.4) is 0 Å². The van der Waals surface area contributed by atoms with Crippen LogP contribution < -0.4 is 5.73 Å². The number of rotatable bonds is 3. The highest BCUT2D eigenvalue weighted by molar-refractivity contribution is 5.79. The van der Waals surface area contributed by atoms with Crippen molar-refractivity contribution in [3.8, 4) is 0 Å². The first-order valence-electron chi connectivity index (χ1n) is 4.99. The minimum absolute atomic E-state index is 0.171. The molecule has 3 nitrogen and oxygen atoms in total. The fourth-order valence-corrected chi connectivity index (χ4v) is 2.28. The van der Waals surface area contributed by atoms with Crippen LogP contribution in [0, 0.1) is 11.8 Å². The molecule has 76 valence electrons. The lowest BCUT2D eigenvalue weighted by Gasteiger charge is -2.27. The summed E-state index contributed by atoms with van der Waals surface area (Å²) in [7, 11) is 0. The summed E-state index contributed by atoms with van der Waals surface area (Å²) in [6.07, 6.45) is 3.50. The smallest absolute Gasteiger partial charge is 0.323 e. The van der Waals surface area contributed by atoms with Gasteiger partial charge in [-0.25, -0.2) is 0 Å². The lowest BCUT2D eigenvalue weighted by molar-refractivity contribution is -0.145. The number of nitrogens with two attached hydrogens (primary N) is 1. The minimum atomic E-state index is -0.940. The summed E-state index contributed by atoms with van der Waals surface area (Å²) >= 11 is 0. The summed E-state index contributed by atoms with van der Waals surface area (Å²) in [6.45, 7) is 4.22. The van der Waals surface area contributed by atoms with Crippen molar-refractivity contribution in [2.75, 3.05) is 0 Å². The number of carboxylic acids is 1. The van der Waals surface area contributed by atoms with Gasteiger partial charge in [-0.2, -0.15) is 0 Å². The van der Waals surface area contributed by atoms with Crippen LogP contribution in [0.2, 0.25) is 0 Å². The molecule has 0 saturated heterocycles. The topological polar surface area (TPSA) is 63.3 Å². The summed E-state index contributed by atoms with van der Waals surface area (Å²) in [5.74, 6) is -0.119. The van der Waals surface area contributed by atoms with Gasteiger partial charge in [-0.15, -0.1) is 0 Å². The number of aliphatic carboxylic acids is 1. The largest absolute Gasteiger partial charge is 0.480 e. The second kappa shape index (κ2) is 3.66. The molecule has 0 spiro atoms. The summed E-state index contributed by atoms with van der Waals surface area (Å²) < 4.78 is 0. The van der Waals surface area contributed by atoms with Crippen molar-refractivity contribution in [2.24, 2.45) is 17.6 Å². The van der Waals surface area contributed by atoms with Crippen molar-refractivity contribution in [1.82, 2.24) is 0 Å². The third-order valence-electron chi connectivity index (χ3n) is 3.03. The maximum absolute atomic E-state index is 11.0. The lowest BCUT2D eigenvalue weighted by Crippen LogP contribution is -2.51. The van der Waals surface area contributed by atoms with Crippen LogP contribution in [-0.2, 0) is 4.79 Å². The summed E-state index contributed by atoms with van der Waals surface area (Å²) in [4.78, 5) is 11.0. The predicted molar refractivity (Wildman–Crippen MR) is 51.4 cm³/mol. The predicted octanol–water partition coefficient (Wildman–Crippen LogP) is 1.61. The average molecular weight is 185 g/mol. The molecular formula is C10H19NO2. The molecule has 1 rings (SSSR count). The molecule has 13 heavy (non-hydrogen) atoms. The van der Waals surface area contributed by atoms with Gasteiger partial charge < -0.3 is 10.8 Å². The van der Waals surface area contributed by atoms with E-state index in [0.29, 0.717) is 12.3 Å². The van der Waals surface area contributed by atoms with E-state index in [1.165, 1.54) is 0 Å². The first-order valence-corrected chi connectivity index (χ1v) is 4.99. The standard InChI is InChI=1S/C10H19NO2/c1-7(2)6-8-4-3-5-10(8,11)9(12)13/h7-8H,3-6,11H2,1-2H3,(H,12,13)/t8-,10-/m1/s1. The van der Waals surface area contributed by atoms with Crippen LogP contribution in [0.15, 0.2) is 0 Å². The van der Waals surface area contributed by atoms with Crippen molar-refractivity contribution in [2.45, 2.75) is 45.1 Å². The first-order chi connectivity index (χ1) is 5.97. The summed E-state index contributed by atoms with van der Waals surface area (Å²) in [5, 5.41) is 9.03. The van der Waals surface area contributed by atoms with Gasteiger partial charge in [-0.05, 0) is 31.1 Å². The average Bonchev–Trinajstić information content (AvgIpc) is 2.33. The van der Waals surface area contributed by atoms with Gasteiger partial charge in [0, 0.05) is 0 Å². The van der Waals surface area contributed by atoms with Gasteiger partial charge in [0.1, 0.15) is 5.54 Å². The first kappa shape index (κ1) is 10.5. The molecule has 0 unspecified atom stereocenters. The lowest BCUT2D eigenvalue weighted by atomic mass is 9.82. The second-order valence-electron chi connectivity index (χ2n) is 4.56. The molecule has 1 fully saturated rings. The Balaban J connectivity index is 2.68. The molecule has 0 aromatic rings. The molecule has 3 heteroatoms. The normalized spacial score (nSPS) is 34.0. The molecule has 0 aromatic carbocycles. The highest BCUT2D eigenvalue weighted by atomic mass is 16.4. The highest BCUT2D eigenvalue weighted by Gasteiger charge is 2.45. The Labute approximate surface area is 79.3 Å². The van der Waals surface area contributed by atoms with Gasteiger partial charge in [0.25, 0.3) is 0 Å². The molecule has 0 radical (unpaired) electrons. The molecule has 0 aliphatic heterocycles. The number of hydrogen-bond donors (Lipinski definition) is 2. The van der Waals surface area contributed by atoms with Crippen LogP contribution in [0.1, 0.15) is 39.5 Å². The molecule has 0 amide bonds.